The summed E-state index contributed by atoms with van der Waals surface area (Å²) in [5.74, 6) is -0.521. The van der Waals surface area contributed by atoms with E-state index in [9.17, 15) is 31.2 Å². The van der Waals surface area contributed by atoms with Crippen LogP contribution in [0, 0.1) is 11.3 Å². The van der Waals surface area contributed by atoms with Crippen molar-refractivity contribution in [3.8, 4) is 6.07 Å². The van der Waals surface area contributed by atoms with Crippen LogP contribution in [-0.4, -0.2) is 44.7 Å². The highest BCUT2D eigenvalue weighted by molar-refractivity contribution is 7.90. The number of sulfone groups is 1. The topological polar surface area (TPSA) is 148 Å². The third-order valence-corrected chi connectivity index (χ3v) is 4.96. The van der Waals surface area contributed by atoms with Crippen molar-refractivity contribution in [3.05, 3.63) is 59.2 Å². The minimum Gasteiger partial charge on any atom is -0.392 e. The van der Waals surface area contributed by atoms with Gasteiger partial charge in [0.15, 0.2) is 9.84 Å². The van der Waals surface area contributed by atoms with Crippen LogP contribution in [0.15, 0.2) is 47.4 Å². The van der Waals surface area contributed by atoms with Crippen molar-refractivity contribution >= 4 is 27.8 Å². The number of aliphatic hydroxyl groups excluding tert-OH is 1. The van der Waals surface area contributed by atoms with Gasteiger partial charge in [-0.25, -0.2) is 8.42 Å². The molecule has 1 atom stereocenters. The smallest absolute Gasteiger partial charge is 0.392 e. The van der Waals surface area contributed by atoms with E-state index in [0.29, 0.717) is 6.41 Å². The predicted octanol–water partition coefficient (Wildman–Crippen LogP) is 1.85. The van der Waals surface area contributed by atoms with E-state index in [2.05, 4.69) is 10.7 Å². The van der Waals surface area contributed by atoms with Crippen LogP contribution >= 0.6 is 0 Å². The van der Waals surface area contributed by atoms with Crippen molar-refractivity contribution in [2.24, 2.45) is 0 Å². The monoisotopic (exact) mass is 486 g/mol. The first kappa shape index (κ1) is 27.4. The predicted molar refractivity (Wildman–Crippen MR) is 113 cm³/mol. The number of hydrazine groups is 1. The number of hydrogen-bond acceptors (Lipinski definition) is 7. The zero-order valence-corrected chi connectivity index (χ0v) is 18.3. The van der Waals surface area contributed by atoms with E-state index in [4.69, 9.17) is 10.4 Å². The summed E-state index contributed by atoms with van der Waals surface area (Å²) in [6, 6.07) is 10.2. The lowest BCUT2D eigenvalue weighted by molar-refractivity contribution is -0.137. The van der Waals surface area contributed by atoms with Crippen molar-refractivity contribution in [3.63, 3.8) is 0 Å². The number of nitrogens with zero attached hydrogens (tertiary/aromatic N) is 1. The van der Waals surface area contributed by atoms with Gasteiger partial charge in [-0.3, -0.25) is 20.4 Å². The van der Waals surface area contributed by atoms with Crippen molar-refractivity contribution in [2.75, 3.05) is 18.1 Å². The highest BCUT2D eigenvalue weighted by atomic mass is 32.2. The molecule has 13 heteroatoms. The van der Waals surface area contributed by atoms with Gasteiger partial charge in [0.1, 0.15) is 0 Å². The number of alkyl halides is 3. The Kier molecular flexibility index (Phi) is 9.83. The molecule has 178 valence electrons. The summed E-state index contributed by atoms with van der Waals surface area (Å²) < 4.78 is 60.0. The van der Waals surface area contributed by atoms with Crippen molar-refractivity contribution in [1.29, 1.82) is 5.26 Å². The van der Waals surface area contributed by atoms with Crippen LogP contribution in [0.5, 0.6) is 0 Å². The Hall–Kier alpha value is -3.63. The summed E-state index contributed by atoms with van der Waals surface area (Å²) >= 11 is 0. The van der Waals surface area contributed by atoms with Gasteiger partial charge in [-0.15, -0.1) is 0 Å². The number of anilines is 1. The Morgan fingerprint density at radius 2 is 1.82 bits per heavy atom. The van der Waals surface area contributed by atoms with E-state index in [-0.39, 0.29) is 22.7 Å². The summed E-state index contributed by atoms with van der Waals surface area (Å²) in [4.78, 5) is 21.3. The quantitative estimate of drug-likeness (QED) is 0.345. The lowest BCUT2D eigenvalue weighted by Crippen LogP contribution is -2.36. The number of benzene rings is 2. The number of carbonyl (C=O) groups excluding carboxylic acids is 2. The van der Waals surface area contributed by atoms with Gasteiger partial charge in [0, 0.05) is 24.1 Å². The van der Waals surface area contributed by atoms with Gasteiger partial charge in [-0.05, 0) is 49.4 Å². The number of rotatable bonds is 7. The van der Waals surface area contributed by atoms with Crippen molar-refractivity contribution in [2.45, 2.75) is 24.1 Å². The number of hydrogen-bond donors (Lipinski definition) is 4. The molecular weight excluding hydrogens is 465 g/mol. The number of aliphatic hydroxyl groups is 1. The number of halogens is 3. The minimum atomic E-state index is -4.56. The van der Waals surface area contributed by atoms with Gasteiger partial charge < -0.3 is 10.4 Å². The van der Waals surface area contributed by atoms with Crippen LogP contribution in [0.2, 0.25) is 0 Å². The molecule has 0 aliphatic rings. The summed E-state index contributed by atoms with van der Waals surface area (Å²) in [6.45, 7) is 1.66. The van der Waals surface area contributed by atoms with E-state index in [1.165, 1.54) is 43.3 Å². The maximum absolute atomic E-state index is 12.6. The number of amides is 2. The van der Waals surface area contributed by atoms with Crippen LogP contribution in [0.1, 0.15) is 28.4 Å². The molecule has 9 nitrogen and oxygen atoms in total. The van der Waals surface area contributed by atoms with Gasteiger partial charge in [0.25, 0.3) is 5.91 Å². The Bertz CT molecular complexity index is 1110. The second-order valence-corrected chi connectivity index (χ2v) is 8.63. The van der Waals surface area contributed by atoms with Crippen molar-refractivity contribution < 1.29 is 36.3 Å². The Balaban J connectivity index is 0.000000331. The molecule has 0 heterocycles. The molecule has 0 bridgehead atoms. The number of nitrogens with one attached hydrogen (secondary N) is 3. The molecule has 0 aliphatic heterocycles. The molecule has 1 unspecified atom stereocenters. The molecule has 2 amide bonds. The van der Waals surface area contributed by atoms with E-state index in [0.717, 1.165) is 18.4 Å². The summed E-state index contributed by atoms with van der Waals surface area (Å²) in [5.41, 5.74) is 3.17. The fourth-order valence-electron chi connectivity index (χ4n) is 2.27. The standard InChI is InChI=1S/C11H11F3N2O.C9H10N2O4S/c1-7(17)6-16-9-3-2-8(5-15)10(4-9)11(12,13)14;1-16(14,15)8-4-2-7(3-5-8)9(13)11-10-6-12/h2-4,7,16-17H,6H2,1H3;2-6H,1H3,(H,10,12)(H,11,13). The first-order valence-corrected chi connectivity index (χ1v) is 11.0. The second kappa shape index (κ2) is 11.8. The number of carbonyl (C=O) groups is 2. The average Bonchev–Trinajstić information content (AvgIpc) is 2.75. The summed E-state index contributed by atoms with van der Waals surface area (Å²) in [6.07, 6.45) is -3.83. The second-order valence-electron chi connectivity index (χ2n) is 6.61. The zero-order chi connectivity index (χ0) is 25.2. The molecule has 0 radical (unpaired) electrons. The molecule has 0 fully saturated rings. The van der Waals surface area contributed by atoms with Gasteiger partial charge in [-0.1, -0.05) is 0 Å². The van der Waals surface area contributed by atoms with E-state index in [1.54, 1.807) is 0 Å². The molecule has 2 aromatic carbocycles. The molecule has 0 spiro atoms. The maximum Gasteiger partial charge on any atom is 0.417 e. The third-order valence-electron chi connectivity index (χ3n) is 3.84. The highest BCUT2D eigenvalue weighted by Gasteiger charge is 2.33. The zero-order valence-electron chi connectivity index (χ0n) is 17.5. The Labute approximate surface area is 188 Å². The fraction of sp³-hybridized carbons (Fsp3) is 0.250. The van der Waals surface area contributed by atoms with Gasteiger partial charge >= 0.3 is 6.18 Å². The third kappa shape index (κ3) is 9.17. The van der Waals surface area contributed by atoms with Gasteiger partial charge in [0.05, 0.1) is 28.2 Å². The molecule has 33 heavy (non-hydrogen) atoms. The lowest BCUT2D eigenvalue weighted by Gasteiger charge is -2.13. The van der Waals surface area contributed by atoms with E-state index < -0.39 is 39.2 Å². The van der Waals surface area contributed by atoms with Gasteiger partial charge in [-0.2, -0.15) is 18.4 Å². The van der Waals surface area contributed by atoms with Crippen LogP contribution in [-0.2, 0) is 20.8 Å². The van der Waals surface area contributed by atoms with Gasteiger partial charge in [0.2, 0.25) is 6.41 Å². The first-order chi connectivity index (χ1) is 15.3. The molecule has 0 saturated carbocycles. The molecular formula is C20H21F3N4O5S. The normalized spacial score (nSPS) is 11.8. The van der Waals surface area contributed by atoms with Crippen LogP contribution < -0.4 is 16.2 Å². The lowest BCUT2D eigenvalue weighted by atomic mass is 10.1. The molecule has 2 rings (SSSR count). The minimum absolute atomic E-state index is 0.132. The van der Waals surface area contributed by atoms with Crippen LogP contribution in [0.3, 0.4) is 0 Å². The van der Waals surface area contributed by atoms with E-state index in [1.807, 2.05) is 5.43 Å². The Morgan fingerprint density at radius 1 is 1.21 bits per heavy atom. The molecule has 4 N–H and O–H groups in total. The van der Waals surface area contributed by atoms with Crippen LogP contribution in [0.4, 0.5) is 18.9 Å². The molecule has 0 aromatic heterocycles. The number of nitriles is 1. The molecule has 0 aliphatic carbocycles. The van der Waals surface area contributed by atoms with Crippen LogP contribution in [0.25, 0.3) is 0 Å². The highest BCUT2D eigenvalue weighted by Crippen LogP contribution is 2.33. The average molecular weight is 486 g/mol. The molecule has 2 aromatic rings. The summed E-state index contributed by atoms with van der Waals surface area (Å²) in [7, 11) is -3.27. The van der Waals surface area contributed by atoms with E-state index >= 15 is 0 Å². The molecule has 0 saturated heterocycles. The fourth-order valence-corrected chi connectivity index (χ4v) is 2.90. The maximum atomic E-state index is 12.6. The van der Waals surface area contributed by atoms with Crippen molar-refractivity contribution in [1.82, 2.24) is 10.9 Å². The Morgan fingerprint density at radius 3 is 2.27 bits per heavy atom. The largest absolute Gasteiger partial charge is 0.417 e. The summed E-state index contributed by atoms with van der Waals surface area (Å²) in [5, 5.41) is 20.2. The SMILES string of the molecule is CC(O)CNc1ccc(C#N)c(C(F)(F)F)c1.CS(=O)(=O)c1ccc(C(=O)NNC=O)cc1. The first-order valence-electron chi connectivity index (χ1n) is 9.12.